The summed E-state index contributed by atoms with van der Waals surface area (Å²) in [6.45, 7) is 2.82. The first-order valence-electron chi connectivity index (χ1n) is 9.19. The molecule has 154 valence electrons. The Kier molecular flexibility index (Phi) is 6.11. The highest BCUT2D eigenvalue weighted by Gasteiger charge is 2.31. The molecule has 2 aromatic carbocycles. The molecule has 0 aliphatic carbocycles. The molecule has 1 aliphatic heterocycles. The minimum absolute atomic E-state index is 0.0419. The van der Waals surface area contributed by atoms with E-state index in [4.69, 9.17) is 14.2 Å². The number of methoxy groups -OCH3 is 3. The van der Waals surface area contributed by atoms with Crippen LogP contribution in [0.5, 0.6) is 17.2 Å². The van der Waals surface area contributed by atoms with Crippen molar-refractivity contribution in [2.75, 3.05) is 51.2 Å². The van der Waals surface area contributed by atoms with Crippen molar-refractivity contribution in [3.63, 3.8) is 0 Å². The van der Waals surface area contributed by atoms with Gasteiger partial charge in [-0.1, -0.05) is 6.07 Å². The Bertz CT molecular complexity index is 915. The van der Waals surface area contributed by atoms with Gasteiger partial charge in [0.2, 0.25) is 5.91 Å². The van der Waals surface area contributed by atoms with E-state index in [0.29, 0.717) is 41.7 Å². The lowest BCUT2D eigenvalue weighted by atomic mass is 10.2. The van der Waals surface area contributed by atoms with E-state index >= 15 is 0 Å². The molecule has 0 saturated carbocycles. The zero-order valence-electron chi connectivity index (χ0n) is 17.0. The standard InChI is InChI=1S/C21H25N3O5/c1-14-5-7-17(27-2)16(11-14)22-20(25)13-23-9-10-24(21(23)26)15-6-8-18(28-3)19(12-15)29-4/h5-8,11-12H,9-10,13H2,1-4H3,(H,22,25). The van der Waals surface area contributed by atoms with Crippen LogP contribution in [-0.4, -0.2) is 57.8 Å². The predicted octanol–water partition coefficient (Wildman–Crippen LogP) is 2.90. The van der Waals surface area contributed by atoms with Gasteiger partial charge < -0.3 is 24.4 Å². The number of benzene rings is 2. The maximum absolute atomic E-state index is 12.8. The van der Waals surface area contributed by atoms with Crippen LogP contribution in [0, 0.1) is 6.92 Å². The van der Waals surface area contributed by atoms with E-state index in [2.05, 4.69) is 5.32 Å². The fourth-order valence-electron chi connectivity index (χ4n) is 3.24. The van der Waals surface area contributed by atoms with Crippen LogP contribution in [0.4, 0.5) is 16.2 Å². The average molecular weight is 399 g/mol. The van der Waals surface area contributed by atoms with Crippen LogP contribution in [0.3, 0.4) is 0 Å². The number of nitrogens with one attached hydrogen (secondary N) is 1. The number of rotatable bonds is 7. The largest absolute Gasteiger partial charge is 0.495 e. The summed E-state index contributed by atoms with van der Waals surface area (Å²) in [6, 6.07) is 10.6. The number of aryl methyl sites for hydroxylation is 1. The number of amides is 3. The van der Waals surface area contributed by atoms with Gasteiger partial charge in [-0.05, 0) is 36.8 Å². The van der Waals surface area contributed by atoms with E-state index in [9.17, 15) is 9.59 Å². The van der Waals surface area contributed by atoms with Crippen LogP contribution in [-0.2, 0) is 4.79 Å². The van der Waals surface area contributed by atoms with E-state index in [1.807, 2.05) is 19.1 Å². The summed E-state index contributed by atoms with van der Waals surface area (Å²) in [7, 11) is 4.65. The Balaban J connectivity index is 1.67. The number of ether oxygens (including phenoxy) is 3. The van der Waals surface area contributed by atoms with Crippen LogP contribution < -0.4 is 24.4 Å². The van der Waals surface area contributed by atoms with Gasteiger partial charge >= 0.3 is 6.03 Å². The molecule has 1 aliphatic rings. The van der Waals surface area contributed by atoms with Crippen molar-refractivity contribution in [2.45, 2.75) is 6.92 Å². The fourth-order valence-corrected chi connectivity index (χ4v) is 3.24. The third kappa shape index (κ3) is 4.37. The van der Waals surface area contributed by atoms with Crippen LogP contribution in [0.2, 0.25) is 0 Å². The molecule has 0 unspecified atom stereocenters. The number of hydrogen-bond acceptors (Lipinski definition) is 5. The summed E-state index contributed by atoms with van der Waals surface area (Å²) in [5, 5.41) is 2.82. The molecule has 8 nitrogen and oxygen atoms in total. The normalized spacial score (nSPS) is 13.4. The summed E-state index contributed by atoms with van der Waals surface area (Å²) in [5.41, 5.74) is 2.27. The molecule has 0 radical (unpaired) electrons. The van der Waals surface area contributed by atoms with Gasteiger partial charge in [0.15, 0.2) is 11.5 Å². The van der Waals surface area contributed by atoms with Crippen molar-refractivity contribution in [3.05, 3.63) is 42.0 Å². The zero-order chi connectivity index (χ0) is 21.0. The van der Waals surface area contributed by atoms with E-state index in [1.54, 1.807) is 50.5 Å². The second-order valence-corrected chi connectivity index (χ2v) is 6.65. The average Bonchev–Trinajstić information content (AvgIpc) is 3.07. The highest BCUT2D eigenvalue weighted by Crippen LogP contribution is 2.33. The van der Waals surface area contributed by atoms with Crippen molar-refractivity contribution < 1.29 is 23.8 Å². The molecule has 1 heterocycles. The predicted molar refractivity (Wildman–Crippen MR) is 110 cm³/mol. The molecule has 0 aromatic heterocycles. The summed E-state index contributed by atoms with van der Waals surface area (Å²) >= 11 is 0. The summed E-state index contributed by atoms with van der Waals surface area (Å²) in [4.78, 5) is 28.4. The first-order chi connectivity index (χ1) is 14.0. The lowest BCUT2D eigenvalue weighted by molar-refractivity contribution is -0.116. The van der Waals surface area contributed by atoms with E-state index < -0.39 is 0 Å². The van der Waals surface area contributed by atoms with Gasteiger partial charge in [0.1, 0.15) is 12.3 Å². The molecule has 0 atom stereocenters. The minimum Gasteiger partial charge on any atom is -0.495 e. The Labute approximate surface area is 170 Å². The van der Waals surface area contributed by atoms with Crippen LogP contribution in [0.25, 0.3) is 0 Å². The third-order valence-electron chi connectivity index (χ3n) is 4.74. The van der Waals surface area contributed by atoms with Crippen molar-refractivity contribution in [2.24, 2.45) is 0 Å². The van der Waals surface area contributed by atoms with E-state index in [-0.39, 0.29) is 18.5 Å². The molecular formula is C21H25N3O5. The van der Waals surface area contributed by atoms with E-state index in [1.165, 1.54) is 4.90 Å². The van der Waals surface area contributed by atoms with E-state index in [0.717, 1.165) is 5.56 Å². The topological polar surface area (TPSA) is 80.3 Å². The molecule has 8 heteroatoms. The van der Waals surface area contributed by atoms with Gasteiger partial charge in [0.25, 0.3) is 0 Å². The van der Waals surface area contributed by atoms with Crippen LogP contribution in [0.1, 0.15) is 5.56 Å². The van der Waals surface area contributed by atoms with Gasteiger partial charge in [-0.2, -0.15) is 0 Å². The number of carbonyl (C=O) groups excluding carboxylic acids is 2. The number of hydrogen-bond donors (Lipinski definition) is 1. The first-order valence-corrected chi connectivity index (χ1v) is 9.19. The Morgan fingerprint density at radius 1 is 0.966 bits per heavy atom. The van der Waals surface area contributed by atoms with Crippen molar-refractivity contribution in [1.29, 1.82) is 0 Å². The highest BCUT2D eigenvalue weighted by atomic mass is 16.5. The van der Waals surface area contributed by atoms with Crippen LogP contribution >= 0.6 is 0 Å². The number of anilines is 2. The fraction of sp³-hybridized carbons (Fsp3) is 0.333. The van der Waals surface area contributed by atoms with Crippen molar-refractivity contribution in [1.82, 2.24) is 4.90 Å². The number of carbonyl (C=O) groups is 2. The Morgan fingerprint density at radius 3 is 2.34 bits per heavy atom. The van der Waals surface area contributed by atoms with Gasteiger partial charge in [0.05, 0.1) is 27.0 Å². The molecule has 0 bridgehead atoms. The molecular weight excluding hydrogens is 374 g/mol. The summed E-state index contributed by atoms with van der Waals surface area (Å²) in [6.07, 6.45) is 0. The molecule has 1 N–H and O–H groups in total. The molecule has 29 heavy (non-hydrogen) atoms. The maximum Gasteiger partial charge on any atom is 0.325 e. The Morgan fingerprint density at radius 2 is 1.66 bits per heavy atom. The molecule has 0 spiro atoms. The maximum atomic E-state index is 12.8. The number of urea groups is 1. The SMILES string of the molecule is COc1ccc(C)cc1NC(=O)CN1CCN(c2ccc(OC)c(OC)c2)C1=O. The molecule has 3 rings (SSSR count). The second kappa shape index (κ2) is 8.72. The molecule has 1 fully saturated rings. The lowest BCUT2D eigenvalue weighted by Gasteiger charge is -2.20. The second-order valence-electron chi connectivity index (χ2n) is 6.65. The Hall–Kier alpha value is -3.42. The van der Waals surface area contributed by atoms with Crippen molar-refractivity contribution >= 4 is 23.3 Å². The number of nitrogens with zero attached hydrogens (tertiary/aromatic N) is 2. The summed E-state index contributed by atoms with van der Waals surface area (Å²) < 4.78 is 15.8. The van der Waals surface area contributed by atoms with Gasteiger partial charge in [-0.15, -0.1) is 0 Å². The molecule has 3 amide bonds. The van der Waals surface area contributed by atoms with Gasteiger partial charge in [-0.25, -0.2) is 4.79 Å². The van der Waals surface area contributed by atoms with Gasteiger partial charge in [-0.3, -0.25) is 9.69 Å². The van der Waals surface area contributed by atoms with Crippen LogP contribution in [0.15, 0.2) is 36.4 Å². The summed E-state index contributed by atoms with van der Waals surface area (Å²) in [5.74, 6) is 1.42. The molecule has 2 aromatic rings. The lowest BCUT2D eigenvalue weighted by Crippen LogP contribution is -2.37. The minimum atomic E-state index is -0.281. The highest BCUT2D eigenvalue weighted by molar-refractivity contribution is 6.00. The molecule has 1 saturated heterocycles. The third-order valence-corrected chi connectivity index (χ3v) is 4.74. The van der Waals surface area contributed by atoms with Crippen molar-refractivity contribution in [3.8, 4) is 17.2 Å². The first kappa shape index (κ1) is 20.3. The zero-order valence-corrected chi connectivity index (χ0v) is 17.0. The smallest absolute Gasteiger partial charge is 0.325 e. The monoisotopic (exact) mass is 399 g/mol. The van der Waals surface area contributed by atoms with Gasteiger partial charge in [0, 0.05) is 24.8 Å². The quantitative estimate of drug-likeness (QED) is 0.774.